The Morgan fingerprint density at radius 2 is 1.71 bits per heavy atom. The highest BCUT2D eigenvalue weighted by atomic mass is 16.2. The maximum absolute atomic E-state index is 13.8. The average molecular weight is 465 g/mol. The maximum Gasteiger partial charge on any atom is 0.328 e. The van der Waals surface area contributed by atoms with Crippen molar-refractivity contribution in [2.45, 2.75) is 83.1 Å². The molecule has 2 aliphatic heterocycles. The standard InChI is InChI=1S/C26H32N4O4/c1-17(31)29-19(14-18-8-4-3-5-9-18)20-15-26(2)21(29)10-6-7-11-22(26)30(20)24(33)16-28-13-12-23(32)27-25(28)34/h3-5,8-9,12-13,19-22H,6-7,10-11,14-16H2,1-2H3,(H,27,32,34)/t19-,20-,21+,22-,26+/m0/s1. The molecule has 8 heteroatoms. The normalized spacial score (nSPS) is 30.2. The zero-order valence-corrected chi connectivity index (χ0v) is 19.8. The Morgan fingerprint density at radius 3 is 2.35 bits per heavy atom. The van der Waals surface area contributed by atoms with Crippen molar-refractivity contribution in [3.05, 3.63) is 69.0 Å². The third kappa shape index (κ3) is 3.69. The molecule has 1 aromatic heterocycles. The van der Waals surface area contributed by atoms with Crippen LogP contribution in [-0.4, -0.2) is 55.3 Å². The lowest BCUT2D eigenvalue weighted by molar-refractivity contribution is -0.143. The second-order valence-electron chi connectivity index (χ2n) is 10.3. The molecule has 1 saturated carbocycles. The van der Waals surface area contributed by atoms with Crippen molar-refractivity contribution in [3.8, 4) is 0 Å². The highest BCUT2D eigenvalue weighted by Crippen LogP contribution is 2.55. The summed E-state index contributed by atoms with van der Waals surface area (Å²) in [4.78, 5) is 56.9. The number of aromatic nitrogens is 2. The number of carbonyl (C=O) groups excluding carboxylic acids is 2. The van der Waals surface area contributed by atoms with Gasteiger partial charge in [-0.25, -0.2) is 4.79 Å². The van der Waals surface area contributed by atoms with Crippen LogP contribution in [0.2, 0.25) is 0 Å². The molecule has 3 fully saturated rings. The number of nitrogens with zero attached hydrogens (tertiary/aromatic N) is 3. The predicted octanol–water partition coefficient (Wildman–Crippen LogP) is 1.93. The fourth-order valence-electron chi connectivity index (χ4n) is 6.96. The zero-order chi connectivity index (χ0) is 24.0. The van der Waals surface area contributed by atoms with Gasteiger partial charge < -0.3 is 9.80 Å². The summed E-state index contributed by atoms with van der Waals surface area (Å²) in [6.07, 6.45) is 6.82. The van der Waals surface area contributed by atoms with Gasteiger partial charge in [0.05, 0.1) is 12.1 Å². The van der Waals surface area contributed by atoms with Crippen molar-refractivity contribution in [2.75, 3.05) is 0 Å². The molecule has 0 spiro atoms. The smallest absolute Gasteiger partial charge is 0.328 e. The largest absolute Gasteiger partial charge is 0.334 e. The maximum atomic E-state index is 13.8. The number of carbonyl (C=O) groups is 2. The van der Waals surface area contributed by atoms with Gasteiger partial charge in [0, 0.05) is 36.7 Å². The van der Waals surface area contributed by atoms with Gasteiger partial charge in [-0.2, -0.15) is 0 Å². The van der Waals surface area contributed by atoms with Gasteiger partial charge in [-0.3, -0.25) is 23.9 Å². The minimum absolute atomic E-state index is 0.0265. The number of likely N-dealkylation sites (tertiary alicyclic amines) is 2. The summed E-state index contributed by atoms with van der Waals surface area (Å²) in [5.74, 6) is -0.0642. The fourth-order valence-corrected chi connectivity index (χ4v) is 6.96. The molecule has 5 rings (SSSR count). The van der Waals surface area contributed by atoms with E-state index in [1.807, 2.05) is 23.1 Å². The number of hydrogen-bond donors (Lipinski definition) is 1. The minimum Gasteiger partial charge on any atom is -0.334 e. The zero-order valence-electron chi connectivity index (χ0n) is 19.8. The van der Waals surface area contributed by atoms with E-state index in [4.69, 9.17) is 0 Å². The Bertz CT molecular complexity index is 1210. The number of aromatic amines is 1. The molecule has 2 saturated heterocycles. The molecule has 2 bridgehead atoms. The van der Waals surface area contributed by atoms with Crippen LogP contribution in [0.4, 0.5) is 0 Å². The average Bonchev–Trinajstić information content (AvgIpc) is 2.95. The SMILES string of the molecule is CC(=O)N1[C@@H](Cc2ccccc2)[C@@H]2C[C@@]3(C)[C@H](CCCC[C@@H]13)N2C(=O)Cn1ccc(=O)[nH]c1=O. The van der Waals surface area contributed by atoms with E-state index in [2.05, 4.69) is 28.9 Å². The molecule has 1 aromatic carbocycles. The van der Waals surface area contributed by atoms with Crippen LogP contribution in [0.5, 0.6) is 0 Å². The van der Waals surface area contributed by atoms with Gasteiger partial charge in [0.25, 0.3) is 5.56 Å². The lowest BCUT2D eigenvalue weighted by Gasteiger charge is -2.50. The van der Waals surface area contributed by atoms with Crippen LogP contribution in [0.1, 0.15) is 51.5 Å². The molecule has 1 N–H and O–H groups in total. The van der Waals surface area contributed by atoms with E-state index in [0.29, 0.717) is 6.42 Å². The highest BCUT2D eigenvalue weighted by Gasteiger charge is 2.63. The number of H-pyrrole nitrogens is 1. The topological polar surface area (TPSA) is 95.5 Å². The minimum atomic E-state index is -0.584. The molecule has 3 aliphatic rings. The molecule has 34 heavy (non-hydrogen) atoms. The number of hydrogen-bond acceptors (Lipinski definition) is 4. The first-order chi connectivity index (χ1) is 16.3. The molecule has 8 nitrogen and oxygen atoms in total. The molecule has 5 atom stereocenters. The van der Waals surface area contributed by atoms with Crippen LogP contribution >= 0.6 is 0 Å². The van der Waals surface area contributed by atoms with Gasteiger partial charge in [0.2, 0.25) is 11.8 Å². The van der Waals surface area contributed by atoms with Crippen molar-refractivity contribution < 1.29 is 9.59 Å². The Morgan fingerprint density at radius 1 is 1.03 bits per heavy atom. The Hall–Kier alpha value is -3.16. The molecule has 0 unspecified atom stereocenters. The third-order valence-corrected chi connectivity index (χ3v) is 8.35. The van der Waals surface area contributed by atoms with Gasteiger partial charge in [-0.05, 0) is 31.2 Å². The second kappa shape index (κ2) is 8.56. The van der Waals surface area contributed by atoms with E-state index in [1.165, 1.54) is 16.8 Å². The van der Waals surface area contributed by atoms with Crippen molar-refractivity contribution in [1.29, 1.82) is 0 Å². The number of piperidine rings is 1. The first-order valence-corrected chi connectivity index (χ1v) is 12.2. The van der Waals surface area contributed by atoms with E-state index in [0.717, 1.165) is 37.7 Å². The lowest BCUT2D eigenvalue weighted by atomic mass is 9.69. The second-order valence-corrected chi connectivity index (χ2v) is 10.3. The summed E-state index contributed by atoms with van der Waals surface area (Å²) in [5, 5.41) is 0. The van der Waals surface area contributed by atoms with Crippen LogP contribution < -0.4 is 11.2 Å². The van der Waals surface area contributed by atoms with Crippen molar-refractivity contribution in [1.82, 2.24) is 19.4 Å². The van der Waals surface area contributed by atoms with E-state index in [1.54, 1.807) is 6.92 Å². The first kappa shape index (κ1) is 22.6. The van der Waals surface area contributed by atoms with Crippen LogP contribution in [0.3, 0.4) is 0 Å². The fraction of sp³-hybridized carbons (Fsp3) is 0.538. The van der Waals surface area contributed by atoms with Crippen LogP contribution in [-0.2, 0) is 22.6 Å². The third-order valence-electron chi connectivity index (χ3n) is 8.35. The number of nitrogens with one attached hydrogen (secondary N) is 1. The van der Waals surface area contributed by atoms with Gasteiger partial charge >= 0.3 is 5.69 Å². The summed E-state index contributed by atoms with van der Waals surface area (Å²) < 4.78 is 1.26. The Kier molecular flexibility index (Phi) is 5.70. The summed E-state index contributed by atoms with van der Waals surface area (Å²) in [7, 11) is 0. The summed E-state index contributed by atoms with van der Waals surface area (Å²) in [6, 6.07) is 11.3. The summed E-state index contributed by atoms with van der Waals surface area (Å²) in [6.45, 7) is 3.77. The van der Waals surface area contributed by atoms with E-state index in [9.17, 15) is 19.2 Å². The molecule has 180 valence electrons. The van der Waals surface area contributed by atoms with Crippen molar-refractivity contribution in [3.63, 3.8) is 0 Å². The molecule has 2 amide bonds. The van der Waals surface area contributed by atoms with Crippen LogP contribution in [0.15, 0.2) is 52.2 Å². The highest BCUT2D eigenvalue weighted by molar-refractivity contribution is 5.79. The van der Waals surface area contributed by atoms with Crippen molar-refractivity contribution in [2.24, 2.45) is 5.41 Å². The number of benzene rings is 1. The van der Waals surface area contributed by atoms with Gasteiger partial charge in [-0.15, -0.1) is 0 Å². The molecular weight excluding hydrogens is 432 g/mol. The predicted molar refractivity (Wildman–Crippen MR) is 127 cm³/mol. The Labute approximate surface area is 198 Å². The van der Waals surface area contributed by atoms with E-state index in [-0.39, 0.29) is 47.9 Å². The van der Waals surface area contributed by atoms with Gasteiger partial charge in [-0.1, -0.05) is 50.1 Å². The van der Waals surface area contributed by atoms with Gasteiger partial charge in [0.15, 0.2) is 0 Å². The lowest BCUT2D eigenvalue weighted by Crippen LogP contribution is -2.61. The number of amides is 2. The quantitative estimate of drug-likeness (QED) is 0.748. The van der Waals surface area contributed by atoms with Gasteiger partial charge in [0.1, 0.15) is 6.54 Å². The molecule has 1 aliphatic carbocycles. The van der Waals surface area contributed by atoms with Crippen LogP contribution in [0, 0.1) is 5.41 Å². The number of fused-ring (bicyclic) bond motifs is 1. The summed E-state index contributed by atoms with van der Waals surface area (Å²) in [5.41, 5.74) is -0.0963. The van der Waals surface area contributed by atoms with E-state index < -0.39 is 11.2 Å². The molecule has 3 heterocycles. The van der Waals surface area contributed by atoms with Crippen molar-refractivity contribution >= 4 is 11.8 Å². The Balaban J connectivity index is 1.56. The monoisotopic (exact) mass is 464 g/mol. The van der Waals surface area contributed by atoms with E-state index >= 15 is 0 Å². The van der Waals surface area contributed by atoms with Crippen LogP contribution in [0.25, 0.3) is 0 Å². The molecule has 0 radical (unpaired) electrons. The molecule has 2 aromatic rings. The number of rotatable bonds is 4. The summed E-state index contributed by atoms with van der Waals surface area (Å²) >= 11 is 0. The first-order valence-electron chi connectivity index (χ1n) is 12.2. The molecular formula is C26H32N4O4.